The summed E-state index contributed by atoms with van der Waals surface area (Å²) in [5.41, 5.74) is -0.267. The van der Waals surface area contributed by atoms with Crippen LogP contribution in [0.4, 0.5) is 0 Å². The van der Waals surface area contributed by atoms with Gasteiger partial charge in [0.05, 0.1) is 7.11 Å². The normalized spacial score (nSPS) is 27.8. The van der Waals surface area contributed by atoms with Crippen molar-refractivity contribution in [3.63, 3.8) is 0 Å². The number of methoxy groups -OCH3 is 1. The van der Waals surface area contributed by atoms with E-state index in [4.69, 9.17) is 4.74 Å². The maximum absolute atomic E-state index is 10.9. The summed E-state index contributed by atoms with van der Waals surface area (Å²) >= 11 is 0. The molecular formula is C15H24N2O2. The van der Waals surface area contributed by atoms with E-state index < -0.39 is 5.60 Å². The summed E-state index contributed by atoms with van der Waals surface area (Å²) in [7, 11) is 1.58. The maximum Gasteiger partial charge on any atom is 0.238 e. The van der Waals surface area contributed by atoms with E-state index >= 15 is 0 Å². The quantitative estimate of drug-likeness (QED) is 0.849. The van der Waals surface area contributed by atoms with Crippen LogP contribution in [0.5, 0.6) is 5.88 Å². The zero-order valence-electron chi connectivity index (χ0n) is 11.9. The van der Waals surface area contributed by atoms with Gasteiger partial charge in [0, 0.05) is 12.4 Å². The van der Waals surface area contributed by atoms with Crippen LogP contribution in [-0.4, -0.2) is 22.2 Å². The van der Waals surface area contributed by atoms with Gasteiger partial charge in [-0.2, -0.15) is 0 Å². The first-order valence-electron chi connectivity index (χ1n) is 7.27. The summed E-state index contributed by atoms with van der Waals surface area (Å²) in [6.07, 6.45) is 10.5. The smallest absolute Gasteiger partial charge is 0.238 e. The Hall–Kier alpha value is -1.16. The first kappa shape index (κ1) is 14.3. The molecule has 0 radical (unpaired) electrons. The zero-order valence-corrected chi connectivity index (χ0v) is 11.9. The van der Waals surface area contributed by atoms with Gasteiger partial charge in [-0.3, -0.25) is 4.98 Å². The lowest BCUT2D eigenvalue weighted by Gasteiger charge is -2.26. The molecule has 0 amide bonds. The minimum absolute atomic E-state index is 0.457. The third-order valence-corrected chi connectivity index (χ3v) is 4.16. The lowest BCUT2D eigenvalue weighted by Crippen LogP contribution is -2.27. The number of hydrogen-bond donors (Lipinski definition) is 1. The fourth-order valence-electron chi connectivity index (χ4n) is 3.12. The molecule has 106 valence electrons. The van der Waals surface area contributed by atoms with Gasteiger partial charge in [0.15, 0.2) is 0 Å². The molecule has 1 saturated carbocycles. The van der Waals surface area contributed by atoms with Crippen molar-refractivity contribution in [1.29, 1.82) is 0 Å². The average molecular weight is 264 g/mol. The van der Waals surface area contributed by atoms with E-state index in [1.54, 1.807) is 19.5 Å². The largest absolute Gasteiger partial charge is 0.480 e. The lowest BCUT2D eigenvalue weighted by atomic mass is 9.89. The average Bonchev–Trinajstić information content (AvgIpc) is 2.63. The summed E-state index contributed by atoms with van der Waals surface area (Å²) in [4.78, 5) is 8.48. The molecule has 1 N–H and O–H groups in total. The summed E-state index contributed by atoms with van der Waals surface area (Å²) < 4.78 is 5.25. The van der Waals surface area contributed by atoms with Crippen molar-refractivity contribution in [3.8, 4) is 5.88 Å². The van der Waals surface area contributed by atoms with Gasteiger partial charge in [0.1, 0.15) is 11.3 Å². The molecule has 0 saturated heterocycles. The standard InChI is InChI=1S/C15H24N2O2/c1-3-5-12-6-4-8-15(18,9-7-12)13-14(19-2)17-11-10-16-13/h10-12,18H,3-9H2,1-2H3. The van der Waals surface area contributed by atoms with Gasteiger partial charge in [-0.15, -0.1) is 0 Å². The van der Waals surface area contributed by atoms with Crippen LogP contribution in [0, 0.1) is 5.92 Å². The predicted octanol–water partition coefficient (Wildman–Crippen LogP) is 3.05. The van der Waals surface area contributed by atoms with E-state index in [2.05, 4.69) is 16.9 Å². The summed E-state index contributed by atoms with van der Waals surface area (Å²) in [5, 5.41) is 10.9. The first-order chi connectivity index (χ1) is 9.19. The molecule has 2 unspecified atom stereocenters. The van der Waals surface area contributed by atoms with Crippen molar-refractivity contribution in [2.75, 3.05) is 7.11 Å². The molecule has 0 aromatic carbocycles. The number of rotatable bonds is 4. The van der Waals surface area contributed by atoms with Crippen LogP contribution in [-0.2, 0) is 5.60 Å². The Kier molecular flexibility index (Phi) is 4.75. The van der Waals surface area contributed by atoms with Crippen LogP contribution in [0.2, 0.25) is 0 Å². The Bertz CT molecular complexity index is 411. The zero-order chi connectivity index (χ0) is 13.7. The second-order valence-electron chi connectivity index (χ2n) is 5.53. The molecule has 1 aromatic heterocycles. The SMILES string of the molecule is CCCC1CCCC(O)(c2nccnc2OC)CC1. The molecule has 2 atom stereocenters. The number of aliphatic hydroxyl groups is 1. The van der Waals surface area contributed by atoms with Gasteiger partial charge < -0.3 is 9.84 Å². The van der Waals surface area contributed by atoms with Crippen LogP contribution in [0.15, 0.2) is 12.4 Å². The highest BCUT2D eigenvalue weighted by Gasteiger charge is 2.36. The lowest BCUT2D eigenvalue weighted by molar-refractivity contribution is 0.0123. The highest BCUT2D eigenvalue weighted by Crippen LogP contribution is 2.40. The molecule has 4 nitrogen and oxygen atoms in total. The predicted molar refractivity (Wildman–Crippen MR) is 74.0 cm³/mol. The highest BCUT2D eigenvalue weighted by molar-refractivity contribution is 5.24. The van der Waals surface area contributed by atoms with Gasteiger partial charge in [0.25, 0.3) is 0 Å². The second kappa shape index (κ2) is 6.33. The number of hydrogen-bond acceptors (Lipinski definition) is 4. The monoisotopic (exact) mass is 264 g/mol. The van der Waals surface area contributed by atoms with Crippen molar-refractivity contribution in [3.05, 3.63) is 18.1 Å². The topological polar surface area (TPSA) is 55.2 Å². The van der Waals surface area contributed by atoms with Crippen molar-refractivity contribution < 1.29 is 9.84 Å². The van der Waals surface area contributed by atoms with E-state index in [-0.39, 0.29) is 0 Å². The van der Waals surface area contributed by atoms with Gasteiger partial charge in [-0.1, -0.05) is 26.2 Å². The fraction of sp³-hybridized carbons (Fsp3) is 0.733. The molecule has 1 heterocycles. The molecule has 19 heavy (non-hydrogen) atoms. The molecular weight excluding hydrogens is 240 g/mol. The molecule has 1 aliphatic rings. The third-order valence-electron chi connectivity index (χ3n) is 4.16. The molecule has 1 aromatic rings. The number of aromatic nitrogens is 2. The minimum Gasteiger partial charge on any atom is -0.480 e. The molecule has 2 rings (SSSR count). The number of ether oxygens (including phenoxy) is 1. The Morgan fingerprint density at radius 2 is 2.11 bits per heavy atom. The second-order valence-corrected chi connectivity index (χ2v) is 5.53. The van der Waals surface area contributed by atoms with Crippen LogP contribution in [0.1, 0.15) is 57.6 Å². The molecule has 1 aliphatic carbocycles. The van der Waals surface area contributed by atoms with E-state index in [1.807, 2.05) is 0 Å². The van der Waals surface area contributed by atoms with E-state index in [9.17, 15) is 5.11 Å². The number of nitrogens with zero attached hydrogens (tertiary/aromatic N) is 2. The Balaban J connectivity index is 2.18. The minimum atomic E-state index is -0.873. The van der Waals surface area contributed by atoms with Crippen LogP contribution in [0.25, 0.3) is 0 Å². The Labute approximate surface area is 115 Å². The maximum atomic E-state index is 10.9. The Morgan fingerprint density at radius 1 is 1.32 bits per heavy atom. The van der Waals surface area contributed by atoms with Gasteiger partial charge in [-0.05, 0) is 31.6 Å². The van der Waals surface area contributed by atoms with Crippen molar-refractivity contribution in [1.82, 2.24) is 9.97 Å². The van der Waals surface area contributed by atoms with Gasteiger partial charge in [0.2, 0.25) is 5.88 Å². The molecule has 4 heteroatoms. The molecule has 0 aliphatic heterocycles. The van der Waals surface area contributed by atoms with Gasteiger partial charge in [-0.25, -0.2) is 4.98 Å². The summed E-state index contributed by atoms with van der Waals surface area (Å²) in [5.74, 6) is 1.20. The fourth-order valence-corrected chi connectivity index (χ4v) is 3.12. The molecule has 0 bridgehead atoms. The molecule has 1 fully saturated rings. The van der Waals surface area contributed by atoms with Crippen LogP contribution >= 0.6 is 0 Å². The van der Waals surface area contributed by atoms with Crippen LogP contribution < -0.4 is 4.74 Å². The van der Waals surface area contributed by atoms with Crippen molar-refractivity contribution in [2.24, 2.45) is 5.92 Å². The summed E-state index contributed by atoms with van der Waals surface area (Å²) in [6, 6.07) is 0. The van der Waals surface area contributed by atoms with E-state index in [1.165, 1.54) is 19.3 Å². The molecule has 0 spiro atoms. The van der Waals surface area contributed by atoms with Gasteiger partial charge >= 0.3 is 0 Å². The van der Waals surface area contributed by atoms with Crippen LogP contribution in [0.3, 0.4) is 0 Å². The van der Waals surface area contributed by atoms with E-state index in [0.29, 0.717) is 11.6 Å². The third kappa shape index (κ3) is 3.24. The summed E-state index contributed by atoms with van der Waals surface area (Å²) in [6.45, 7) is 2.22. The van der Waals surface area contributed by atoms with E-state index in [0.717, 1.165) is 31.6 Å². The van der Waals surface area contributed by atoms with Crippen molar-refractivity contribution in [2.45, 2.75) is 57.5 Å². The Morgan fingerprint density at radius 3 is 2.84 bits per heavy atom. The first-order valence-corrected chi connectivity index (χ1v) is 7.27. The van der Waals surface area contributed by atoms with Crippen molar-refractivity contribution >= 4 is 0 Å². The highest BCUT2D eigenvalue weighted by atomic mass is 16.5.